The second-order valence-corrected chi connectivity index (χ2v) is 5.81. The van der Waals surface area contributed by atoms with Crippen molar-refractivity contribution >= 4 is 23.1 Å². The van der Waals surface area contributed by atoms with Gasteiger partial charge < -0.3 is 15.4 Å². The number of alkyl halides is 4. The minimum Gasteiger partial charge on any atom is -0.409 e. The van der Waals surface area contributed by atoms with Gasteiger partial charge in [0.25, 0.3) is 0 Å². The first-order valence-electron chi connectivity index (χ1n) is 6.62. The van der Waals surface area contributed by atoms with Crippen LogP contribution in [-0.4, -0.2) is 12.3 Å². The van der Waals surface area contributed by atoms with Gasteiger partial charge in [-0.15, -0.1) is 20.1 Å². The Labute approximate surface area is 137 Å². The van der Waals surface area contributed by atoms with Crippen LogP contribution in [0.3, 0.4) is 0 Å². The van der Waals surface area contributed by atoms with Gasteiger partial charge >= 0.3 is 18.4 Å². The molecule has 0 atom stereocenters. The summed E-state index contributed by atoms with van der Waals surface area (Å²) in [4.78, 5) is 12.7. The van der Waals surface area contributed by atoms with Gasteiger partial charge in [-0.25, -0.2) is 9.53 Å². The van der Waals surface area contributed by atoms with E-state index in [1.165, 1.54) is 17.4 Å². The lowest BCUT2D eigenvalue weighted by molar-refractivity contribution is -0.461. The van der Waals surface area contributed by atoms with Crippen LogP contribution in [0.4, 0.5) is 28.0 Å². The number of halogens is 4. The molecular weight excluding hydrogens is 352 g/mol. The van der Waals surface area contributed by atoms with Crippen LogP contribution in [0.5, 0.6) is 5.75 Å². The number of carbonyl (C=O) groups excluding carboxylic acids is 1. The molecule has 24 heavy (non-hydrogen) atoms. The quantitative estimate of drug-likeness (QED) is 0.809. The molecule has 2 N–H and O–H groups in total. The van der Waals surface area contributed by atoms with Gasteiger partial charge in [0.15, 0.2) is 0 Å². The number of benzene rings is 1. The number of nitrogens with one attached hydrogen (secondary N) is 2. The van der Waals surface area contributed by atoms with Crippen LogP contribution in [0.15, 0.2) is 35.7 Å². The van der Waals surface area contributed by atoms with E-state index in [0.29, 0.717) is 0 Å². The second-order valence-electron chi connectivity index (χ2n) is 4.78. The number of hydrogen-bond acceptors (Lipinski definition) is 4. The number of hydrogen-bond donors (Lipinski definition) is 2. The summed E-state index contributed by atoms with van der Waals surface area (Å²) in [5, 5.41) is 6.72. The minimum atomic E-state index is -4.43. The molecule has 0 saturated heterocycles. The molecule has 0 saturated carbocycles. The Balaban J connectivity index is 1.71. The van der Waals surface area contributed by atoms with E-state index in [-0.39, 0.29) is 12.2 Å². The Bertz CT molecular complexity index is 752. The van der Waals surface area contributed by atoms with Crippen molar-refractivity contribution in [1.82, 2.24) is 5.32 Å². The summed E-state index contributed by atoms with van der Waals surface area (Å²) in [6.07, 6.45) is -8.67. The Morgan fingerprint density at radius 1 is 1.21 bits per heavy atom. The third kappa shape index (κ3) is 3.60. The highest BCUT2D eigenvalue weighted by atomic mass is 32.1. The summed E-state index contributed by atoms with van der Waals surface area (Å²) in [7, 11) is 0. The standard InChI is InChI=1S/C14H10F4N2O3S/c15-13(16)10-6-8(3-4-11(10)22-14(17,18)23-13)20-12(21)19-7-9-2-1-5-24-9/h1-6H,7H2,(H2,19,20,21). The molecule has 1 aliphatic heterocycles. The molecule has 10 heteroatoms. The zero-order valence-electron chi connectivity index (χ0n) is 11.8. The number of ether oxygens (including phenoxy) is 2. The molecule has 3 rings (SSSR count). The summed E-state index contributed by atoms with van der Waals surface area (Å²) in [5.74, 6) is -0.721. The zero-order chi connectivity index (χ0) is 17.4. The fourth-order valence-electron chi connectivity index (χ4n) is 2.03. The number of thiophene rings is 1. The summed E-state index contributed by atoms with van der Waals surface area (Å²) in [6, 6.07) is 5.90. The molecule has 5 nitrogen and oxygen atoms in total. The lowest BCUT2D eigenvalue weighted by Crippen LogP contribution is -2.41. The molecule has 128 valence electrons. The molecule has 0 spiro atoms. The fourth-order valence-corrected chi connectivity index (χ4v) is 2.68. The first kappa shape index (κ1) is 16.5. The SMILES string of the molecule is O=C(NCc1cccs1)Nc1ccc2c(c1)C(F)(F)OC(F)(F)O2. The third-order valence-corrected chi connectivity index (χ3v) is 3.91. The zero-order valence-corrected chi connectivity index (χ0v) is 12.6. The topological polar surface area (TPSA) is 59.6 Å². The maximum Gasteiger partial charge on any atom is 0.540 e. The van der Waals surface area contributed by atoms with E-state index >= 15 is 0 Å². The Kier molecular flexibility index (Phi) is 4.10. The van der Waals surface area contributed by atoms with E-state index in [4.69, 9.17) is 0 Å². The van der Waals surface area contributed by atoms with Crippen molar-refractivity contribution in [2.45, 2.75) is 18.9 Å². The molecule has 1 aliphatic rings. The minimum absolute atomic E-state index is 0.0190. The average molecular weight is 362 g/mol. The van der Waals surface area contributed by atoms with Gasteiger partial charge in [-0.2, -0.15) is 8.78 Å². The van der Waals surface area contributed by atoms with E-state index in [9.17, 15) is 22.4 Å². The highest BCUT2D eigenvalue weighted by molar-refractivity contribution is 7.09. The number of carbonyl (C=O) groups is 1. The predicted octanol–water partition coefficient (Wildman–Crippen LogP) is 4.08. The summed E-state index contributed by atoms with van der Waals surface area (Å²) in [6.45, 7) is 0.267. The summed E-state index contributed by atoms with van der Waals surface area (Å²) < 4.78 is 60.5. The molecule has 0 radical (unpaired) electrons. The molecule has 0 unspecified atom stereocenters. The largest absolute Gasteiger partial charge is 0.540 e. The molecule has 1 aromatic carbocycles. The molecule has 2 aromatic rings. The highest BCUT2D eigenvalue weighted by Crippen LogP contribution is 2.46. The summed E-state index contributed by atoms with van der Waals surface area (Å²) >= 11 is 1.44. The van der Waals surface area contributed by atoms with Gasteiger partial charge in [-0.1, -0.05) is 6.07 Å². The lowest BCUT2D eigenvalue weighted by atomic mass is 10.1. The van der Waals surface area contributed by atoms with Gasteiger partial charge in [0.2, 0.25) is 0 Å². The van der Waals surface area contributed by atoms with E-state index in [1.807, 2.05) is 17.5 Å². The third-order valence-electron chi connectivity index (χ3n) is 3.03. The first-order chi connectivity index (χ1) is 11.3. The van der Waals surface area contributed by atoms with Crippen molar-refractivity contribution in [3.63, 3.8) is 0 Å². The number of rotatable bonds is 3. The summed E-state index contributed by atoms with van der Waals surface area (Å²) in [5.41, 5.74) is -0.918. The van der Waals surface area contributed by atoms with Crippen molar-refractivity contribution in [2.24, 2.45) is 0 Å². The molecule has 2 amide bonds. The maximum atomic E-state index is 13.6. The fraction of sp³-hybridized carbons (Fsp3) is 0.214. The number of fused-ring (bicyclic) bond motifs is 1. The Morgan fingerprint density at radius 2 is 2.00 bits per heavy atom. The second kappa shape index (κ2) is 5.95. The van der Waals surface area contributed by atoms with Gasteiger partial charge in [-0.3, -0.25) is 0 Å². The average Bonchev–Trinajstić information content (AvgIpc) is 2.97. The maximum absolute atomic E-state index is 13.6. The van der Waals surface area contributed by atoms with Crippen LogP contribution in [-0.2, 0) is 17.4 Å². The van der Waals surface area contributed by atoms with Crippen molar-refractivity contribution in [1.29, 1.82) is 0 Å². The molecule has 2 heterocycles. The van der Waals surface area contributed by atoms with Crippen LogP contribution in [0.2, 0.25) is 0 Å². The lowest BCUT2D eigenvalue weighted by Gasteiger charge is -2.30. The number of anilines is 1. The van der Waals surface area contributed by atoms with Crippen LogP contribution in [0.25, 0.3) is 0 Å². The van der Waals surface area contributed by atoms with Gasteiger partial charge in [0.05, 0.1) is 12.1 Å². The van der Waals surface area contributed by atoms with E-state index < -0.39 is 29.7 Å². The van der Waals surface area contributed by atoms with Crippen molar-refractivity contribution in [3.05, 3.63) is 46.2 Å². The van der Waals surface area contributed by atoms with Crippen LogP contribution in [0, 0.1) is 0 Å². The van der Waals surface area contributed by atoms with Crippen LogP contribution >= 0.6 is 11.3 Å². The first-order valence-corrected chi connectivity index (χ1v) is 7.50. The van der Waals surface area contributed by atoms with Gasteiger partial charge in [-0.05, 0) is 29.6 Å². The van der Waals surface area contributed by atoms with E-state index in [1.54, 1.807) is 0 Å². The number of amides is 2. The van der Waals surface area contributed by atoms with Gasteiger partial charge in [0, 0.05) is 10.6 Å². The Morgan fingerprint density at radius 3 is 2.71 bits per heavy atom. The van der Waals surface area contributed by atoms with Crippen molar-refractivity contribution < 1.29 is 31.8 Å². The van der Waals surface area contributed by atoms with Gasteiger partial charge in [0.1, 0.15) is 5.75 Å². The molecule has 0 fully saturated rings. The van der Waals surface area contributed by atoms with E-state index in [0.717, 1.165) is 17.0 Å². The van der Waals surface area contributed by atoms with E-state index in [2.05, 4.69) is 20.1 Å². The molecule has 0 aliphatic carbocycles. The monoisotopic (exact) mass is 362 g/mol. The number of urea groups is 1. The van der Waals surface area contributed by atoms with Crippen molar-refractivity contribution in [2.75, 3.05) is 5.32 Å². The van der Waals surface area contributed by atoms with Crippen LogP contribution < -0.4 is 15.4 Å². The normalized spacial score (nSPS) is 17.5. The highest BCUT2D eigenvalue weighted by Gasteiger charge is 2.54. The van der Waals surface area contributed by atoms with Crippen LogP contribution in [0.1, 0.15) is 10.4 Å². The van der Waals surface area contributed by atoms with Crippen molar-refractivity contribution in [3.8, 4) is 5.75 Å². The molecule has 1 aromatic heterocycles. The smallest absolute Gasteiger partial charge is 0.409 e. The Hall–Kier alpha value is -2.33. The molecule has 0 bridgehead atoms. The molecular formula is C14H10F4N2O3S. The predicted molar refractivity (Wildman–Crippen MR) is 77.2 cm³/mol.